The van der Waals surface area contributed by atoms with E-state index in [1.807, 2.05) is 19.1 Å². The van der Waals surface area contributed by atoms with Gasteiger partial charge in [-0.3, -0.25) is 14.8 Å². The Morgan fingerprint density at radius 3 is 2.71 bits per heavy atom. The van der Waals surface area contributed by atoms with Gasteiger partial charge in [0, 0.05) is 34.8 Å². The molecule has 0 spiro atoms. The molecule has 0 radical (unpaired) electrons. The number of benzene rings is 1. The summed E-state index contributed by atoms with van der Waals surface area (Å²) in [5.74, 6) is -0.267. The minimum atomic E-state index is -0.267. The van der Waals surface area contributed by atoms with E-state index in [2.05, 4.69) is 15.3 Å². The number of hydrogen-bond acceptors (Lipinski definition) is 4. The van der Waals surface area contributed by atoms with Crippen molar-refractivity contribution in [2.45, 2.75) is 6.92 Å². The highest BCUT2D eigenvalue weighted by Gasteiger charge is 2.12. The Morgan fingerprint density at radius 1 is 1.10 bits per heavy atom. The smallest absolute Gasteiger partial charge is 0.274 e. The minimum Gasteiger partial charge on any atom is -0.399 e. The lowest BCUT2D eigenvalue weighted by Crippen LogP contribution is -2.14. The molecule has 104 valence electrons. The van der Waals surface area contributed by atoms with Gasteiger partial charge in [0.25, 0.3) is 5.91 Å². The number of aryl methyl sites for hydroxylation is 1. The molecule has 2 aromatic heterocycles. The summed E-state index contributed by atoms with van der Waals surface area (Å²) in [7, 11) is 0. The molecule has 0 saturated carbocycles. The summed E-state index contributed by atoms with van der Waals surface area (Å²) >= 11 is 0. The quantitative estimate of drug-likeness (QED) is 0.706. The molecule has 0 aliphatic rings. The molecule has 0 saturated heterocycles. The van der Waals surface area contributed by atoms with Gasteiger partial charge in [0.1, 0.15) is 5.69 Å². The lowest BCUT2D eigenvalue weighted by Gasteiger charge is -2.08. The van der Waals surface area contributed by atoms with Crippen molar-refractivity contribution in [1.82, 2.24) is 9.97 Å². The van der Waals surface area contributed by atoms with E-state index in [4.69, 9.17) is 5.73 Å². The van der Waals surface area contributed by atoms with Crippen molar-refractivity contribution in [2.24, 2.45) is 0 Å². The highest BCUT2D eigenvalue weighted by molar-refractivity contribution is 6.11. The Morgan fingerprint density at radius 2 is 1.90 bits per heavy atom. The molecule has 5 nitrogen and oxygen atoms in total. The summed E-state index contributed by atoms with van der Waals surface area (Å²) in [5, 5.41) is 4.49. The van der Waals surface area contributed by atoms with Crippen molar-refractivity contribution in [1.29, 1.82) is 0 Å². The molecule has 2 heterocycles. The van der Waals surface area contributed by atoms with Crippen molar-refractivity contribution in [3.8, 4) is 0 Å². The molecule has 0 aliphatic heterocycles. The fourth-order valence-corrected chi connectivity index (χ4v) is 2.18. The fourth-order valence-electron chi connectivity index (χ4n) is 2.18. The zero-order chi connectivity index (χ0) is 14.8. The summed E-state index contributed by atoms with van der Waals surface area (Å²) in [6.07, 6.45) is 3.27. The van der Waals surface area contributed by atoms with Gasteiger partial charge in [-0.2, -0.15) is 0 Å². The van der Waals surface area contributed by atoms with Crippen LogP contribution in [0.2, 0.25) is 0 Å². The van der Waals surface area contributed by atoms with Gasteiger partial charge in [0.15, 0.2) is 0 Å². The van der Waals surface area contributed by atoms with Gasteiger partial charge >= 0.3 is 0 Å². The molecular formula is C16H14N4O. The summed E-state index contributed by atoms with van der Waals surface area (Å²) in [4.78, 5) is 20.7. The number of carbonyl (C=O) groups is 1. The number of pyridine rings is 2. The van der Waals surface area contributed by atoms with Gasteiger partial charge in [0.2, 0.25) is 0 Å². The number of anilines is 2. The molecule has 1 amide bonds. The number of nitrogens with zero attached hydrogens (tertiary/aromatic N) is 2. The van der Waals surface area contributed by atoms with Crippen LogP contribution < -0.4 is 11.1 Å². The Kier molecular flexibility index (Phi) is 3.23. The molecule has 5 heteroatoms. The number of nitrogens with two attached hydrogens (primary N) is 1. The second-order valence-electron chi connectivity index (χ2n) is 4.78. The van der Waals surface area contributed by atoms with Gasteiger partial charge < -0.3 is 11.1 Å². The second-order valence-corrected chi connectivity index (χ2v) is 4.78. The standard InChI is InChI=1S/C16H14N4O/c1-10-8-13(5-7-18-10)20-16(21)15-14-9-12(17)3-2-11(14)4-6-19-15/h2-9H,17H2,1H3,(H,18,20,21). The maximum Gasteiger partial charge on any atom is 0.274 e. The van der Waals surface area contributed by atoms with Crippen LogP contribution in [0.15, 0.2) is 48.8 Å². The zero-order valence-electron chi connectivity index (χ0n) is 11.5. The predicted octanol–water partition coefficient (Wildman–Crippen LogP) is 2.77. The van der Waals surface area contributed by atoms with E-state index in [0.29, 0.717) is 17.1 Å². The third-order valence-corrected chi connectivity index (χ3v) is 3.16. The Hall–Kier alpha value is -2.95. The number of nitrogen functional groups attached to an aromatic ring is 1. The normalized spacial score (nSPS) is 10.5. The molecule has 0 atom stereocenters. The van der Waals surface area contributed by atoms with Crippen LogP contribution >= 0.6 is 0 Å². The maximum absolute atomic E-state index is 12.4. The van der Waals surface area contributed by atoms with Crippen LogP contribution in [0.1, 0.15) is 16.2 Å². The van der Waals surface area contributed by atoms with E-state index < -0.39 is 0 Å². The van der Waals surface area contributed by atoms with E-state index in [9.17, 15) is 4.79 Å². The SMILES string of the molecule is Cc1cc(NC(=O)c2nccc3ccc(N)cc23)ccn1. The molecule has 3 rings (SSSR count). The monoisotopic (exact) mass is 278 g/mol. The van der Waals surface area contributed by atoms with Crippen LogP contribution in [-0.2, 0) is 0 Å². The second kappa shape index (κ2) is 5.20. The van der Waals surface area contributed by atoms with Crippen LogP contribution in [0.25, 0.3) is 10.8 Å². The van der Waals surface area contributed by atoms with Crippen LogP contribution in [0, 0.1) is 6.92 Å². The van der Waals surface area contributed by atoms with E-state index in [-0.39, 0.29) is 5.91 Å². The number of hydrogen-bond donors (Lipinski definition) is 2. The third kappa shape index (κ3) is 2.67. The molecule has 3 N–H and O–H groups in total. The lowest BCUT2D eigenvalue weighted by atomic mass is 10.1. The average molecular weight is 278 g/mol. The first-order valence-electron chi connectivity index (χ1n) is 6.52. The molecule has 21 heavy (non-hydrogen) atoms. The van der Waals surface area contributed by atoms with Gasteiger partial charge in [-0.05, 0) is 42.6 Å². The lowest BCUT2D eigenvalue weighted by molar-refractivity contribution is 0.102. The number of fused-ring (bicyclic) bond motifs is 1. The Bertz CT molecular complexity index is 829. The summed E-state index contributed by atoms with van der Waals surface area (Å²) < 4.78 is 0. The summed E-state index contributed by atoms with van der Waals surface area (Å²) in [6.45, 7) is 1.87. The van der Waals surface area contributed by atoms with Crippen LogP contribution in [0.5, 0.6) is 0 Å². The van der Waals surface area contributed by atoms with Crippen molar-refractivity contribution in [2.75, 3.05) is 11.1 Å². The van der Waals surface area contributed by atoms with Gasteiger partial charge in [0.05, 0.1) is 0 Å². The highest BCUT2D eigenvalue weighted by Crippen LogP contribution is 2.21. The number of amides is 1. The molecule has 0 aliphatic carbocycles. The van der Waals surface area contributed by atoms with Gasteiger partial charge in [-0.15, -0.1) is 0 Å². The molecule has 1 aromatic carbocycles. The van der Waals surface area contributed by atoms with E-state index >= 15 is 0 Å². The third-order valence-electron chi connectivity index (χ3n) is 3.16. The van der Waals surface area contributed by atoms with Crippen molar-refractivity contribution in [3.63, 3.8) is 0 Å². The minimum absolute atomic E-state index is 0.267. The molecular weight excluding hydrogens is 264 g/mol. The molecule has 0 unspecified atom stereocenters. The topological polar surface area (TPSA) is 80.9 Å². The highest BCUT2D eigenvalue weighted by atomic mass is 16.1. The Labute approximate surface area is 121 Å². The first kappa shape index (κ1) is 13.1. The average Bonchev–Trinajstić information content (AvgIpc) is 2.46. The molecule has 0 bridgehead atoms. The van der Waals surface area contributed by atoms with E-state index in [1.54, 1.807) is 36.7 Å². The van der Waals surface area contributed by atoms with Crippen LogP contribution in [0.3, 0.4) is 0 Å². The van der Waals surface area contributed by atoms with Crippen molar-refractivity contribution >= 4 is 28.1 Å². The zero-order valence-corrected chi connectivity index (χ0v) is 11.5. The summed E-state index contributed by atoms with van der Waals surface area (Å²) in [5.41, 5.74) is 8.28. The van der Waals surface area contributed by atoms with Gasteiger partial charge in [-0.25, -0.2) is 0 Å². The largest absolute Gasteiger partial charge is 0.399 e. The van der Waals surface area contributed by atoms with Crippen molar-refractivity contribution < 1.29 is 4.79 Å². The van der Waals surface area contributed by atoms with E-state index in [0.717, 1.165) is 16.5 Å². The first-order chi connectivity index (χ1) is 10.1. The number of rotatable bonds is 2. The number of carbonyl (C=O) groups excluding carboxylic acids is 1. The maximum atomic E-state index is 12.4. The van der Waals surface area contributed by atoms with Gasteiger partial charge in [-0.1, -0.05) is 6.07 Å². The fraction of sp³-hybridized carbons (Fsp3) is 0.0625. The summed E-state index contributed by atoms with van der Waals surface area (Å²) in [6, 6.07) is 10.8. The number of nitrogens with one attached hydrogen (secondary N) is 1. The first-order valence-corrected chi connectivity index (χ1v) is 6.52. The Balaban J connectivity index is 2.00. The van der Waals surface area contributed by atoms with Crippen LogP contribution in [-0.4, -0.2) is 15.9 Å². The van der Waals surface area contributed by atoms with Crippen molar-refractivity contribution in [3.05, 3.63) is 60.2 Å². The molecule has 0 fully saturated rings. The number of aromatic nitrogens is 2. The van der Waals surface area contributed by atoms with E-state index in [1.165, 1.54) is 0 Å². The predicted molar refractivity (Wildman–Crippen MR) is 83.1 cm³/mol. The van der Waals surface area contributed by atoms with Crippen LogP contribution in [0.4, 0.5) is 11.4 Å². The molecule has 3 aromatic rings.